The van der Waals surface area contributed by atoms with Crippen molar-refractivity contribution in [1.29, 1.82) is 0 Å². The van der Waals surface area contributed by atoms with Gasteiger partial charge in [0.05, 0.1) is 5.75 Å². The first kappa shape index (κ1) is 12.7. The molecule has 0 atom stereocenters. The number of sulfonamides is 1. The monoisotopic (exact) mass is 240 g/mol. The van der Waals surface area contributed by atoms with Gasteiger partial charge in [-0.05, 0) is 17.7 Å². The Hall–Kier alpha value is -1.33. The zero-order chi connectivity index (χ0) is 12.2. The highest BCUT2D eigenvalue weighted by Crippen LogP contribution is 2.11. The first-order valence-corrected chi connectivity index (χ1v) is 6.46. The fraction of sp³-hybridized carbons (Fsp3) is 0.273. The number of nitrogens with two attached hydrogens (primary N) is 1. The third-order valence-electron chi connectivity index (χ3n) is 2.19. The number of nitrogens with zero attached hydrogens (tertiary/aromatic N) is 1. The third kappa shape index (κ3) is 3.36. The molecule has 0 radical (unpaired) electrons. The fourth-order valence-corrected chi connectivity index (χ4v) is 2.40. The molecule has 0 aromatic heterocycles. The molecule has 1 aromatic rings. The molecule has 5 heteroatoms. The van der Waals surface area contributed by atoms with Gasteiger partial charge in [0.2, 0.25) is 10.0 Å². The van der Waals surface area contributed by atoms with Crippen LogP contribution in [0.1, 0.15) is 5.56 Å². The summed E-state index contributed by atoms with van der Waals surface area (Å²) in [4.78, 5) is 0. The van der Waals surface area contributed by atoms with E-state index < -0.39 is 10.0 Å². The van der Waals surface area contributed by atoms with E-state index in [2.05, 4.69) is 6.58 Å². The second-order valence-electron chi connectivity index (χ2n) is 3.57. The predicted octanol–water partition coefficient (Wildman–Crippen LogP) is 1.22. The normalized spacial score (nSPS) is 11.6. The predicted molar refractivity (Wildman–Crippen MR) is 66.3 cm³/mol. The summed E-state index contributed by atoms with van der Waals surface area (Å²) in [6.45, 7) is 3.83. The maximum atomic E-state index is 11.8. The molecule has 0 bridgehead atoms. The molecule has 0 aliphatic carbocycles. The smallest absolute Gasteiger partial charge is 0.218 e. The van der Waals surface area contributed by atoms with Gasteiger partial charge in [0.1, 0.15) is 0 Å². The van der Waals surface area contributed by atoms with Gasteiger partial charge in [-0.3, -0.25) is 0 Å². The maximum Gasteiger partial charge on any atom is 0.218 e. The molecule has 0 fully saturated rings. The van der Waals surface area contributed by atoms with Gasteiger partial charge in [0.15, 0.2) is 0 Å². The topological polar surface area (TPSA) is 63.4 Å². The standard InChI is InChI=1S/C11H16N2O2S/c1-3-8-13(2)16(14,15)9-10-4-6-11(12)7-5-10/h3-7H,1,8-9,12H2,2H3. The molecule has 0 saturated carbocycles. The van der Waals surface area contributed by atoms with E-state index >= 15 is 0 Å². The second-order valence-corrected chi connectivity index (χ2v) is 5.64. The van der Waals surface area contributed by atoms with Crippen LogP contribution < -0.4 is 5.73 Å². The van der Waals surface area contributed by atoms with Gasteiger partial charge in [0.25, 0.3) is 0 Å². The van der Waals surface area contributed by atoms with Crippen LogP contribution in [0.4, 0.5) is 5.69 Å². The van der Waals surface area contributed by atoms with Crippen LogP contribution in [0.15, 0.2) is 36.9 Å². The Morgan fingerprint density at radius 3 is 2.44 bits per heavy atom. The minimum Gasteiger partial charge on any atom is -0.399 e. The van der Waals surface area contributed by atoms with Gasteiger partial charge >= 0.3 is 0 Å². The molecule has 88 valence electrons. The fourth-order valence-electron chi connectivity index (χ4n) is 1.23. The quantitative estimate of drug-likeness (QED) is 0.621. The highest BCUT2D eigenvalue weighted by Gasteiger charge is 2.16. The highest BCUT2D eigenvalue weighted by molar-refractivity contribution is 7.88. The number of likely N-dealkylation sites (N-methyl/N-ethyl adjacent to an activating group) is 1. The zero-order valence-electron chi connectivity index (χ0n) is 9.26. The van der Waals surface area contributed by atoms with E-state index in [1.807, 2.05) is 0 Å². The first-order valence-electron chi connectivity index (χ1n) is 4.85. The minimum absolute atomic E-state index is 0.0163. The van der Waals surface area contributed by atoms with Gasteiger partial charge in [-0.2, -0.15) is 0 Å². The molecule has 0 unspecified atom stereocenters. The Bertz CT molecular complexity index is 451. The van der Waals surface area contributed by atoms with Crippen LogP contribution in [0.2, 0.25) is 0 Å². The van der Waals surface area contributed by atoms with E-state index in [4.69, 9.17) is 5.73 Å². The average molecular weight is 240 g/mol. The molecule has 0 amide bonds. The van der Waals surface area contributed by atoms with Crippen molar-refractivity contribution in [3.05, 3.63) is 42.5 Å². The summed E-state index contributed by atoms with van der Waals surface area (Å²) in [5.74, 6) is -0.0163. The summed E-state index contributed by atoms with van der Waals surface area (Å²) in [5, 5.41) is 0. The highest BCUT2D eigenvalue weighted by atomic mass is 32.2. The van der Waals surface area contributed by atoms with Crippen molar-refractivity contribution < 1.29 is 8.42 Å². The van der Waals surface area contributed by atoms with Crippen molar-refractivity contribution in [2.45, 2.75) is 5.75 Å². The lowest BCUT2D eigenvalue weighted by molar-refractivity contribution is 0.498. The number of anilines is 1. The molecule has 1 aromatic carbocycles. The largest absolute Gasteiger partial charge is 0.399 e. The van der Waals surface area contributed by atoms with E-state index in [0.29, 0.717) is 12.2 Å². The van der Waals surface area contributed by atoms with Crippen LogP contribution in [-0.2, 0) is 15.8 Å². The number of hydrogen-bond donors (Lipinski definition) is 1. The number of nitrogen functional groups attached to an aromatic ring is 1. The Morgan fingerprint density at radius 1 is 1.38 bits per heavy atom. The Kier molecular flexibility index (Phi) is 4.09. The molecule has 2 N–H and O–H groups in total. The van der Waals surface area contributed by atoms with Crippen LogP contribution in [0.3, 0.4) is 0 Å². The van der Waals surface area contributed by atoms with Crippen LogP contribution in [-0.4, -0.2) is 26.3 Å². The molecule has 0 spiro atoms. The van der Waals surface area contributed by atoms with Crippen molar-refractivity contribution in [2.24, 2.45) is 0 Å². The molecule has 0 saturated heterocycles. The Balaban J connectivity index is 2.80. The Labute approximate surface area is 96.4 Å². The lowest BCUT2D eigenvalue weighted by atomic mass is 10.2. The van der Waals surface area contributed by atoms with Gasteiger partial charge < -0.3 is 5.73 Å². The van der Waals surface area contributed by atoms with E-state index in [1.54, 1.807) is 30.3 Å². The summed E-state index contributed by atoms with van der Waals surface area (Å²) in [7, 11) is -1.73. The first-order chi connectivity index (χ1) is 7.45. The number of benzene rings is 1. The molecular formula is C11H16N2O2S. The van der Waals surface area contributed by atoms with Gasteiger partial charge in [-0.1, -0.05) is 18.2 Å². The van der Waals surface area contributed by atoms with E-state index in [-0.39, 0.29) is 5.75 Å². The average Bonchev–Trinajstić information content (AvgIpc) is 2.21. The summed E-state index contributed by atoms with van der Waals surface area (Å²) in [5.41, 5.74) is 6.88. The van der Waals surface area contributed by atoms with Crippen molar-refractivity contribution in [3.8, 4) is 0 Å². The molecule has 16 heavy (non-hydrogen) atoms. The summed E-state index contributed by atoms with van der Waals surface area (Å²) in [6, 6.07) is 6.82. The zero-order valence-corrected chi connectivity index (χ0v) is 10.1. The van der Waals surface area contributed by atoms with E-state index in [1.165, 1.54) is 11.4 Å². The van der Waals surface area contributed by atoms with Crippen LogP contribution >= 0.6 is 0 Å². The molecule has 0 heterocycles. The molecule has 0 aliphatic heterocycles. The molecule has 0 aliphatic rings. The van der Waals surface area contributed by atoms with Gasteiger partial charge in [-0.25, -0.2) is 12.7 Å². The second kappa shape index (κ2) is 5.14. The summed E-state index contributed by atoms with van der Waals surface area (Å²) >= 11 is 0. The minimum atomic E-state index is -3.27. The lowest BCUT2D eigenvalue weighted by Crippen LogP contribution is -2.28. The Morgan fingerprint density at radius 2 is 1.94 bits per heavy atom. The van der Waals surface area contributed by atoms with Crippen LogP contribution in [0.25, 0.3) is 0 Å². The molecule has 1 rings (SSSR count). The molecule has 4 nitrogen and oxygen atoms in total. The van der Waals surface area contributed by atoms with Crippen LogP contribution in [0.5, 0.6) is 0 Å². The van der Waals surface area contributed by atoms with Crippen molar-refractivity contribution in [1.82, 2.24) is 4.31 Å². The van der Waals surface area contributed by atoms with E-state index in [9.17, 15) is 8.42 Å². The van der Waals surface area contributed by atoms with Crippen molar-refractivity contribution >= 4 is 15.7 Å². The maximum absolute atomic E-state index is 11.8. The lowest BCUT2D eigenvalue weighted by Gasteiger charge is -2.14. The van der Waals surface area contributed by atoms with Crippen LogP contribution in [0, 0.1) is 0 Å². The van der Waals surface area contributed by atoms with Crippen molar-refractivity contribution in [3.63, 3.8) is 0 Å². The van der Waals surface area contributed by atoms with Crippen molar-refractivity contribution in [2.75, 3.05) is 19.3 Å². The SMILES string of the molecule is C=CCN(C)S(=O)(=O)Cc1ccc(N)cc1. The van der Waals surface area contributed by atoms with Gasteiger partial charge in [0, 0.05) is 19.3 Å². The van der Waals surface area contributed by atoms with Gasteiger partial charge in [-0.15, -0.1) is 6.58 Å². The summed E-state index contributed by atoms with van der Waals surface area (Å²) in [6.07, 6.45) is 1.56. The molecular weight excluding hydrogens is 224 g/mol. The third-order valence-corrected chi connectivity index (χ3v) is 3.99. The summed E-state index contributed by atoms with van der Waals surface area (Å²) < 4.78 is 24.9. The van der Waals surface area contributed by atoms with E-state index in [0.717, 1.165) is 5.56 Å². The number of rotatable bonds is 5. The number of hydrogen-bond acceptors (Lipinski definition) is 3.